The molecule has 0 aromatic carbocycles. The molecule has 0 radical (unpaired) electrons. The van der Waals surface area contributed by atoms with Crippen LogP contribution in [0.5, 0.6) is 0 Å². The van der Waals surface area contributed by atoms with Crippen molar-refractivity contribution in [3.63, 3.8) is 0 Å². The molecule has 0 saturated heterocycles. The summed E-state index contributed by atoms with van der Waals surface area (Å²) in [5.74, 6) is 0. The number of pyridine rings is 1. The summed E-state index contributed by atoms with van der Waals surface area (Å²) in [5.41, 5.74) is 6.17. The number of nitrogens with zero attached hydrogens (tertiary/aromatic N) is 1. The van der Waals surface area contributed by atoms with E-state index in [0.717, 1.165) is 12.8 Å². The molecule has 0 aliphatic carbocycles. The molecule has 0 bridgehead atoms. The molecular formula is C10H14N2O. The van der Waals surface area contributed by atoms with Crippen molar-refractivity contribution in [3.05, 3.63) is 41.3 Å². The summed E-state index contributed by atoms with van der Waals surface area (Å²) in [5, 5.41) is 0. The van der Waals surface area contributed by atoms with Gasteiger partial charge in [0.25, 0.3) is 5.56 Å². The van der Waals surface area contributed by atoms with E-state index in [9.17, 15) is 4.79 Å². The molecule has 0 fully saturated rings. The molecule has 0 atom stereocenters. The van der Waals surface area contributed by atoms with Crippen LogP contribution in [0.1, 0.15) is 12.8 Å². The lowest BCUT2D eigenvalue weighted by atomic mass is 10.3. The van der Waals surface area contributed by atoms with E-state index < -0.39 is 0 Å². The molecule has 3 heteroatoms. The third-order valence-corrected chi connectivity index (χ3v) is 1.81. The Morgan fingerprint density at radius 3 is 3.00 bits per heavy atom. The minimum Gasteiger partial charge on any atom is -0.398 e. The van der Waals surface area contributed by atoms with Gasteiger partial charge in [-0.15, -0.1) is 6.58 Å². The largest absolute Gasteiger partial charge is 0.398 e. The van der Waals surface area contributed by atoms with Gasteiger partial charge in [-0.1, -0.05) is 6.08 Å². The van der Waals surface area contributed by atoms with Gasteiger partial charge in [0, 0.05) is 24.5 Å². The summed E-state index contributed by atoms with van der Waals surface area (Å²) in [6.45, 7) is 4.32. The maximum atomic E-state index is 11.2. The number of rotatable bonds is 4. The molecule has 0 aliphatic heterocycles. The smallest absolute Gasteiger partial charge is 0.250 e. The average molecular weight is 178 g/mol. The molecule has 0 spiro atoms. The predicted octanol–water partition coefficient (Wildman–Crippen LogP) is 1.40. The molecule has 2 N–H and O–H groups in total. The van der Waals surface area contributed by atoms with Crippen molar-refractivity contribution in [2.75, 3.05) is 5.73 Å². The van der Waals surface area contributed by atoms with Crippen molar-refractivity contribution in [2.24, 2.45) is 0 Å². The molecule has 0 unspecified atom stereocenters. The fourth-order valence-electron chi connectivity index (χ4n) is 1.13. The summed E-state index contributed by atoms with van der Waals surface area (Å²) in [6, 6.07) is 3.11. The van der Waals surface area contributed by atoms with Gasteiger partial charge >= 0.3 is 0 Å². The van der Waals surface area contributed by atoms with Gasteiger partial charge < -0.3 is 10.3 Å². The van der Waals surface area contributed by atoms with Crippen LogP contribution in [-0.4, -0.2) is 4.57 Å². The normalized spacial score (nSPS) is 9.85. The maximum absolute atomic E-state index is 11.2. The topological polar surface area (TPSA) is 48.0 Å². The van der Waals surface area contributed by atoms with E-state index in [2.05, 4.69) is 6.58 Å². The maximum Gasteiger partial charge on any atom is 0.250 e. The van der Waals surface area contributed by atoms with E-state index in [1.165, 1.54) is 6.07 Å². The highest BCUT2D eigenvalue weighted by atomic mass is 16.1. The first-order valence-corrected chi connectivity index (χ1v) is 4.31. The second-order valence-electron chi connectivity index (χ2n) is 2.92. The second kappa shape index (κ2) is 4.50. The number of aryl methyl sites for hydroxylation is 1. The number of hydrogen-bond donors (Lipinski definition) is 1. The molecule has 1 aromatic heterocycles. The number of nitrogen functional groups attached to an aromatic ring is 1. The number of anilines is 1. The highest BCUT2D eigenvalue weighted by molar-refractivity contribution is 5.33. The first-order chi connectivity index (χ1) is 6.24. The minimum absolute atomic E-state index is 0.00161. The van der Waals surface area contributed by atoms with Crippen LogP contribution in [-0.2, 0) is 6.54 Å². The molecule has 3 nitrogen and oxygen atoms in total. The van der Waals surface area contributed by atoms with Gasteiger partial charge in [-0.05, 0) is 18.9 Å². The summed E-state index contributed by atoms with van der Waals surface area (Å²) in [6.07, 6.45) is 5.36. The van der Waals surface area contributed by atoms with Gasteiger partial charge in [0.05, 0.1) is 0 Å². The van der Waals surface area contributed by atoms with E-state index in [0.29, 0.717) is 12.2 Å². The fourth-order valence-corrected chi connectivity index (χ4v) is 1.13. The molecule has 1 heterocycles. The zero-order valence-corrected chi connectivity index (χ0v) is 7.57. The summed E-state index contributed by atoms with van der Waals surface area (Å²) in [4.78, 5) is 11.2. The lowest BCUT2D eigenvalue weighted by molar-refractivity contribution is 0.630. The van der Waals surface area contributed by atoms with Crippen molar-refractivity contribution in [3.8, 4) is 0 Å². The van der Waals surface area contributed by atoms with Gasteiger partial charge in [-0.25, -0.2) is 0 Å². The molecule has 70 valence electrons. The molecule has 0 aliphatic rings. The Hall–Kier alpha value is -1.51. The van der Waals surface area contributed by atoms with Crippen LogP contribution >= 0.6 is 0 Å². The Morgan fingerprint density at radius 2 is 2.31 bits per heavy atom. The average Bonchev–Trinajstić information content (AvgIpc) is 2.11. The monoisotopic (exact) mass is 178 g/mol. The Kier molecular flexibility index (Phi) is 3.31. The Morgan fingerprint density at radius 1 is 1.54 bits per heavy atom. The highest BCUT2D eigenvalue weighted by Crippen LogP contribution is 1.98. The van der Waals surface area contributed by atoms with Gasteiger partial charge in [0.15, 0.2) is 0 Å². The van der Waals surface area contributed by atoms with E-state index in [1.807, 2.05) is 6.08 Å². The highest BCUT2D eigenvalue weighted by Gasteiger charge is 1.94. The van der Waals surface area contributed by atoms with Gasteiger partial charge in [-0.2, -0.15) is 0 Å². The molecular weight excluding hydrogens is 164 g/mol. The Balaban J connectivity index is 2.70. The Labute approximate surface area is 77.5 Å². The zero-order chi connectivity index (χ0) is 9.68. The molecule has 1 aromatic rings. The summed E-state index contributed by atoms with van der Waals surface area (Å²) >= 11 is 0. The van der Waals surface area contributed by atoms with Crippen LogP contribution in [0.4, 0.5) is 5.69 Å². The summed E-state index contributed by atoms with van der Waals surface area (Å²) < 4.78 is 1.62. The molecule has 1 rings (SSSR count). The molecule has 0 amide bonds. The van der Waals surface area contributed by atoms with Crippen LogP contribution in [0.2, 0.25) is 0 Å². The van der Waals surface area contributed by atoms with Crippen molar-refractivity contribution < 1.29 is 0 Å². The zero-order valence-electron chi connectivity index (χ0n) is 7.57. The SMILES string of the molecule is C=CCCCn1cc(N)ccc1=O. The lowest BCUT2D eigenvalue weighted by Gasteiger charge is -2.04. The first kappa shape index (κ1) is 9.58. The number of unbranched alkanes of at least 4 members (excludes halogenated alkanes) is 1. The molecule has 13 heavy (non-hydrogen) atoms. The number of hydrogen-bond acceptors (Lipinski definition) is 2. The van der Waals surface area contributed by atoms with Gasteiger partial charge in [0.2, 0.25) is 0 Å². The lowest BCUT2D eigenvalue weighted by Crippen LogP contribution is -2.18. The third-order valence-electron chi connectivity index (χ3n) is 1.81. The standard InChI is InChI=1S/C10H14N2O/c1-2-3-4-7-12-8-9(11)5-6-10(12)13/h2,5-6,8H,1,3-4,7,11H2. The summed E-state index contributed by atoms with van der Waals surface area (Å²) in [7, 11) is 0. The Bertz CT molecular complexity index is 341. The van der Waals surface area contributed by atoms with Crippen molar-refractivity contribution >= 4 is 5.69 Å². The second-order valence-corrected chi connectivity index (χ2v) is 2.92. The third kappa shape index (κ3) is 2.78. The van der Waals surface area contributed by atoms with Crippen molar-refractivity contribution in [2.45, 2.75) is 19.4 Å². The van der Waals surface area contributed by atoms with Crippen LogP contribution in [0, 0.1) is 0 Å². The minimum atomic E-state index is -0.00161. The van der Waals surface area contributed by atoms with Crippen LogP contribution < -0.4 is 11.3 Å². The first-order valence-electron chi connectivity index (χ1n) is 4.31. The quantitative estimate of drug-likeness (QED) is 0.559. The van der Waals surface area contributed by atoms with Crippen molar-refractivity contribution in [1.82, 2.24) is 4.57 Å². The van der Waals surface area contributed by atoms with Gasteiger partial charge in [0.1, 0.15) is 0 Å². The van der Waals surface area contributed by atoms with Crippen molar-refractivity contribution in [1.29, 1.82) is 0 Å². The van der Waals surface area contributed by atoms with Crippen LogP contribution in [0.3, 0.4) is 0 Å². The number of nitrogens with two attached hydrogens (primary N) is 1. The van der Waals surface area contributed by atoms with Crippen LogP contribution in [0.25, 0.3) is 0 Å². The van der Waals surface area contributed by atoms with E-state index in [-0.39, 0.29) is 5.56 Å². The van der Waals surface area contributed by atoms with E-state index in [4.69, 9.17) is 5.73 Å². The van der Waals surface area contributed by atoms with E-state index in [1.54, 1.807) is 16.8 Å². The predicted molar refractivity (Wildman–Crippen MR) is 54.5 cm³/mol. The molecule has 0 saturated carbocycles. The fraction of sp³-hybridized carbons (Fsp3) is 0.300. The van der Waals surface area contributed by atoms with Crippen LogP contribution in [0.15, 0.2) is 35.8 Å². The number of aromatic nitrogens is 1. The number of allylic oxidation sites excluding steroid dienone is 1. The van der Waals surface area contributed by atoms with E-state index >= 15 is 0 Å². The van der Waals surface area contributed by atoms with Gasteiger partial charge in [-0.3, -0.25) is 4.79 Å².